The molecule has 0 unspecified atom stereocenters. The van der Waals surface area contributed by atoms with Gasteiger partial charge in [0.1, 0.15) is 0 Å². The lowest BCUT2D eigenvalue weighted by Crippen LogP contribution is -2.28. The van der Waals surface area contributed by atoms with Crippen LogP contribution in [0.25, 0.3) is 0 Å². The fourth-order valence-corrected chi connectivity index (χ4v) is 2.42. The number of halogens is 1. The quantitative estimate of drug-likeness (QED) is 0.819. The highest BCUT2D eigenvalue weighted by Crippen LogP contribution is 2.22. The molecule has 0 radical (unpaired) electrons. The predicted octanol–water partition coefficient (Wildman–Crippen LogP) is 3.93. The Balaban J connectivity index is 1.94. The number of hydrogen-bond acceptors (Lipinski definition) is 1. The van der Waals surface area contributed by atoms with Crippen molar-refractivity contribution in [2.45, 2.75) is 44.7 Å². The minimum Gasteiger partial charge on any atom is -0.307 e. The summed E-state index contributed by atoms with van der Waals surface area (Å²) in [4.78, 5) is 0. The van der Waals surface area contributed by atoms with E-state index in [1.165, 1.54) is 31.2 Å². The van der Waals surface area contributed by atoms with E-state index >= 15 is 0 Å². The fourth-order valence-electron chi connectivity index (χ4n) is 2.29. The SMILES string of the molecule is C[C@H](NC1CCCC1)c1ccc(Cl)cc1. The van der Waals surface area contributed by atoms with Gasteiger partial charge in [-0.15, -0.1) is 0 Å². The third-order valence-electron chi connectivity index (χ3n) is 3.21. The smallest absolute Gasteiger partial charge is 0.0406 e. The van der Waals surface area contributed by atoms with Crippen molar-refractivity contribution in [1.82, 2.24) is 5.32 Å². The molecule has 2 rings (SSSR count). The van der Waals surface area contributed by atoms with Gasteiger partial charge in [-0.2, -0.15) is 0 Å². The molecule has 1 fully saturated rings. The number of nitrogens with one attached hydrogen (secondary N) is 1. The normalized spacial score (nSPS) is 19.3. The van der Waals surface area contributed by atoms with Crippen molar-refractivity contribution < 1.29 is 0 Å². The summed E-state index contributed by atoms with van der Waals surface area (Å²) in [5.41, 5.74) is 1.33. The van der Waals surface area contributed by atoms with E-state index in [4.69, 9.17) is 11.6 Å². The zero-order valence-electron chi connectivity index (χ0n) is 9.17. The first-order valence-electron chi connectivity index (χ1n) is 5.77. The van der Waals surface area contributed by atoms with E-state index in [9.17, 15) is 0 Å². The average molecular weight is 224 g/mol. The van der Waals surface area contributed by atoms with Crippen LogP contribution in [-0.2, 0) is 0 Å². The Bertz CT molecular complexity index is 301. The maximum absolute atomic E-state index is 5.87. The average Bonchev–Trinajstić information content (AvgIpc) is 2.71. The molecule has 1 atom stereocenters. The second-order valence-corrected chi connectivity index (χ2v) is 4.86. The van der Waals surface area contributed by atoms with E-state index in [1.54, 1.807) is 0 Å². The third kappa shape index (κ3) is 2.96. The molecule has 0 amide bonds. The van der Waals surface area contributed by atoms with E-state index in [0.29, 0.717) is 6.04 Å². The second kappa shape index (κ2) is 5.00. The van der Waals surface area contributed by atoms with Crippen LogP contribution in [0.2, 0.25) is 5.02 Å². The van der Waals surface area contributed by atoms with Gasteiger partial charge in [0.2, 0.25) is 0 Å². The van der Waals surface area contributed by atoms with Gasteiger partial charge in [0, 0.05) is 17.1 Å². The van der Waals surface area contributed by atoms with Crippen LogP contribution in [0.1, 0.15) is 44.2 Å². The van der Waals surface area contributed by atoms with E-state index in [-0.39, 0.29) is 0 Å². The van der Waals surface area contributed by atoms with Gasteiger partial charge in [0.15, 0.2) is 0 Å². The molecule has 1 aliphatic rings. The first kappa shape index (κ1) is 11.0. The summed E-state index contributed by atoms with van der Waals surface area (Å²) in [6, 6.07) is 9.29. The maximum atomic E-state index is 5.87. The number of benzene rings is 1. The van der Waals surface area contributed by atoms with Gasteiger partial charge in [-0.25, -0.2) is 0 Å². The minimum absolute atomic E-state index is 0.436. The Morgan fingerprint density at radius 1 is 1.20 bits per heavy atom. The molecular weight excluding hydrogens is 206 g/mol. The van der Waals surface area contributed by atoms with Crippen molar-refractivity contribution in [3.8, 4) is 0 Å². The standard InChI is InChI=1S/C13H18ClN/c1-10(15-13-4-2-3-5-13)11-6-8-12(14)9-7-11/h6-10,13,15H,2-5H2,1H3/t10-/m0/s1. The molecule has 0 aromatic heterocycles. The Labute approximate surface area is 96.8 Å². The van der Waals surface area contributed by atoms with Gasteiger partial charge >= 0.3 is 0 Å². The van der Waals surface area contributed by atoms with Crippen LogP contribution in [0, 0.1) is 0 Å². The lowest BCUT2D eigenvalue weighted by molar-refractivity contribution is 0.461. The Hall–Kier alpha value is -0.530. The predicted molar refractivity (Wildman–Crippen MR) is 65.3 cm³/mol. The van der Waals surface area contributed by atoms with E-state index in [1.807, 2.05) is 12.1 Å². The van der Waals surface area contributed by atoms with E-state index < -0.39 is 0 Å². The number of rotatable bonds is 3. The molecule has 2 heteroatoms. The summed E-state index contributed by atoms with van der Waals surface area (Å²) in [6.45, 7) is 2.22. The van der Waals surface area contributed by atoms with Gasteiger partial charge in [0.05, 0.1) is 0 Å². The summed E-state index contributed by atoms with van der Waals surface area (Å²) in [7, 11) is 0. The molecule has 82 valence electrons. The molecule has 1 aromatic carbocycles. The molecule has 1 saturated carbocycles. The summed E-state index contributed by atoms with van der Waals surface area (Å²) >= 11 is 5.87. The highest BCUT2D eigenvalue weighted by atomic mass is 35.5. The van der Waals surface area contributed by atoms with Crippen molar-refractivity contribution in [3.63, 3.8) is 0 Å². The largest absolute Gasteiger partial charge is 0.307 e. The zero-order valence-corrected chi connectivity index (χ0v) is 9.93. The van der Waals surface area contributed by atoms with Crippen LogP contribution in [0.3, 0.4) is 0 Å². The van der Waals surface area contributed by atoms with Crippen molar-refractivity contribution >= 4 is 11.6 Å². The molecule has 0 spiro atoms. The first-order chi connectivity index (χ1) is 7.25. The molecule has 1 N–H and O–H groups in total. The molecule has 0 heterocycles. The minimum atomic E-state index is 0.436. The van der Waals surface area contributed by atoms with Crippen LogP contribution >= 0.6 is 11.6 Å². The maximum Gasteiger partial charge on any atom is 0.0406 e. The van der Waals surface area contributed by atoms with Gasteiger partial charge in [-0.3, -0.25) is 0 Å². The molecule has 0 aliphatic heterocycles. The van der Waals surface area contributed by atoms with Crippen LogP contribution < -0.4 is 5.32 Å². The lowest BCUT2D eigenvalue weighted by Gasteiger charge is -2.19. The Kier molecular flexibility index (Phi) is 3.66. The van der Waals surface area contributed by atoms with Crippen LogP contribution in [0.15, 0.2) is 24.3 Å². The second-order valence-electron chi connectivity index (χ2n) is 4.42. The molecular formula is C13H18ClN. The van der Waals surface area contributed by atoms with E-state index in [2.05, 4.69) is 24.4 Å². The van der Waals surface area contributed by atoms with Crippen LogP contribution in [-0.4, -0.2) is 6.04 Å². The molecule has 0 saturated heterocycles. The van der Waals surface area contributed by atoms with Gasteiger partial charge in [-0.05, 0) is 37.5 Å². The molecule has 1 aliphatic carbocycles. The van der Waals surface area contributed by atoms with Gasteiger partial charge < -0.3 is 5.32 Å². The molecule has 1 aromatic rings. The number of hydrogen-bond donors (Lipinski definition) is 1. The molecule has 0 bridgehead atoms. The van der Waals surface area contributed by atoms with Crippen LogP contribution in [0.5, 0.6) is 0 Å². The first-order valence-corrected chi connectivity index (χ1v) is 6.15. The fraction of sp³-hybridized carbons (Fsp3) is 0.538. The molecule has 1 nitrogen and oxygen atoms in total. The van der Waals surface area contributed by atoms with Crippen molar-refractivity contribution in [2.24, 2.45) is 0 Å². The van der Waals surface area contributed by atoms with Crippen LogP contribution in [0.4, 0.5) is 0 Å². The summed E-state index contributed by atoms with van der Waals surface area (Å²) in [5.74, 6) is 0. The summed E-state index contributed by atoms with van der Waals surface area (Å²) in [6.07, 6.45) is 5.42. The highest BCUT2D eigenvalue weighted by molar-refractivity contribution is 6.30. The Morgan fingerprint density at radius 3 is 2.40 bits per heavy atom. The zero-order chi connectivity index (χ0) is 10.7. The summed E-state index contributed by atoms with van der Waals surface area (Å²) < 4.78 is 0. The molecule has 15 heavy (non-hydrogen) atoms. The van der Waals surface area contributed by atoms with E-state index in [0.717, 1.165) is 11.1 Å². The summed E-state index contributed by atoms with van der Waals surface area (Å²) in [5, 5.41) is 4.48. The van der Waals surface area contributed by atoms with Crippen molar-refractivity contribution in [3.05, 3.63) is 34.9 Å². The Morgan fingerprint density at radius 2 is 1.80 bits per heavy atom. The lowest BCUT2D eigenvalue weighted by atomic mass is 10.1. The topological polar surface area (TPSA) is 12.0 Å². The van der Waals surface area contributed by atoms with Gasteiger partial charge in [-0.1, -0.05) is 36.6 Å². The highest BCUT2D eigenvalue weighted by Gasteiger charge is 2.17. The van der Waals surface area contributed by atoms with Crippen molar-refractivity contribution in [2.75, 3.05) is 0 Å². The van der Waals surface area contributed by atoms with Gasteiger partial charge in [0.25, 0.3) is 0 Å². The third-order valence-corrected chi connectivity index (χ3v) is 3.46. The van der Waals surface area contributed by atoms with Crippen molar-refractivity contribution in [1.29, 1.82) is 0 Å². The monoisotopic (exact) mass is 223 g/mol.